The summed E-state index contributed by atoms with van der Waals surface area (Å²) in [7, 11) is 0. The molecule has 0 aromatic heterocycles. The Morgan fingerprint density at radius 3 is 2.69 bits per heavy atom. The first kappa shape index (κ1) is 8.30. The van der Waals surface area contributed by atoms with Gasteiger partial charge in [-0.15, -0.1) is 0 Å². The Balaban J connectivity index is 2.53. The molecule has 2 atom stereocenters. The van der Waals surface area contributed by atoms with E-state index in [9.17, 15) is 4.79 Å². The lowest BCUT2D eigenvalue weighted by atomic mass is 9.89. The van der Waals surface area contributed by atoms with Gasteiger partial charge in [-0.05, 0) is 18.6 Å². The molecular formula is C11H12O2. The summed E-state index contributed by atoms with van der Waals surface area (Å²) in [5.74, 6) is 0.107. The number of ether oxygens (including phenoxy) is 1. The van der Waals surface area contributed by atoms with Gasteiger partial charge in [-0.3, -0.25) is 0 Å². The summed E-state index contributed by atoms with van der Waals surface area (Å²) in [4.78, 5) is 11.4. The van der Waals surface area contributed by atoms with Gasteiger partial charge in [0.2, 0.25) is 0 Å². The molecule has 1 aliphatic heterocycles. The van der Waals surface area contributed by atoms with E-state index in [1.54, 1.807) is 0 Å². The second-order valence-corrected chi connectivity index (χ2v) is 3.49. The molecule has 68 valence electrons. The van der Waals surface area contributed by atoms with Crippen molar-refractivity contribution in [2.45, 2.75) is 25.9 Å². The standard InChI is InChI=1S/C11H12O2/c1-7-8(2)13-11(12)10-6-4-3-5-9(7)10/h3-8H,1-2H3. The molecule has 0 amide bonds. The molecule has 2 rings (SSSR count). The highest BCUT2D eigenvalue weighted by Gasteiger charge is 2.28. The molecular weight excluding hydrogens is 164 g/mol. The van der Waals surface area contributed by atoms with E-state index in [2.05, 4.69) is 6.92 Å². The third-order valence-electron chi connectivity index (χ3n) is 2.67. The van der Waals surface area contributed by atoms with E-state index in [0.29, 0.717) is 11.5 Å². The van der Waals surface area contributed by atoms with Crippen LogP contribution in [-0.2, 0) is 4.74 Å². The fraction of sp³-hybridized carbons (Fsp3) is 0.364. The Morgan fingerprint density at radius 1 is 1.23 bits per heavy atom. The summed E-state index contributed by atoms with van der Waals surface area (Å²) in [5.41, 5.74) is 1.82. The summed E-state index contributed by atoms with van der Waals surface area (Å²) in [6, 6.07) is 7.64. The average Bonchev–Trinajstić information content (AvgIpc) is 2.15. The number of rotatable bonds is 0. The lowest BCUT2D eigenvalue weighted by Crippen LogP contribution is -2.28. The molecule has 0 spiro atoms. The number of benzene rings is 1. The molecule has 0 bridgehead atoms. The largest absolute Gasteiger partial charge is 0.458 e. The van der Waals surface area contributed by atoms with E-state index in [1.165, 1.54) is 0 Å². The smallest absolute Gasteiger partial charge is 0.338 e. The zero-order chi connectivity index (χ0) is 9.42. The molecule has 0 N–H and O–H groups in total. The quantitative estimate of drug-likeness (QED) is 0.567. The van der Waals surface area contributed by atoms with Crippen molar-refractivity contribution in [3.05, 3.63) is 35.4 Å². The highest BCUT2D eigenvalue weighted by molar-refractivity contribution is 5.92. The molecule has 0 saturated heterocycles. The molecule has 1 aliphatic rings. The van der Waals surface area contributed by atoms with Crippen LogP contribution in [0.2, 0.25) is 0 Å². The minimum Gasteiger partial charge on any atom is -0.458 e. The highest BCUT2D eigenvalue weighted by Crippen LogP contribution is 2.30. The lowest BCUT2D eigenvalue weighted by molar-refractivity contribution is 0.0241. The molecule has 2 heteroatoms. The summed E-state index contributed by atoms with van der Waals surface area (Å²) in [5, 5.41) is 0. The summed E-state index contributed by atoms with van der Waals surface area (Å²) < 4.78 is 5.19. The van der Waals surface area contributed by atoms with Crippen LogP contribution in [0, 0.1) is 0 Å². The van der Waals surface area contributed by atoms with Crippen molar-refractivity contribution in [3.8, 4) is 0 Å². The van der Waals surface area contributed by atoms with Crippen molar-refractivity contribution in [3.63, 3.8) is 0 Å². The number of esters is 1. The second kappa shape index (κ2) is 2.87. The first-order chi connectivity index (χ1) is 6.20. The van der Waals surface area contributed by atoms with Gasteiger partial charge in [-0.1, -0.05) is 25.1 Å². The molecule has 0 radical (unpaired) electrons. The predicted molar refractivity (Wildman–Crippen MR) is 49.7 cm³/mol. The minimum absolute atomic E-state index is 0.0117. The highest BCUT2D eigenvalue weighted by atomic mass is 16.5. The maximum absolute atomic E-state index is 11.4. The lowest BCUT2D eigenvalue weighted by Gasteiger charge is -2.27. The maximum atomic E-state index is 11.4. The van der Waals surface area contributed by atoms with Crippen LogP contribution in [0.15, 0.2) is 24.3 Å². The van der Waals surface area contributed by atoms with Gasteiger partial charge < -0.3 is 4.74 Å². The summed E-state index contributed by atoms with van der Waals surface area (Å²) in [6.45, 7) is 4.01. The molecule has 0 saturated carbocycles. The summed E-state index contributed by atoms with van der Waals surface area (Å²) >= 11 is 0. The van der Waals surface area contributed by atoms with Crippen LogP contribution in [0.3, 0.4) is 0 Å². The number of hydrogen-bond acceptors (Lipinski definition) is 2. The van der Waals surface area contributed by atoms with E-state index in [-0.39, 0.29) is 12.1 Å². The third-order valence-corrected chi connectivity index (χ3v) is 2.67. The number of fused-ring (bicyclic) bond motifs is 1. The normalized spacial score (nSPS) is 26.5. The van der Waals surface area contributed by atoms with E-state index in [4.69, 9.17) is 4.74 Å². The van der Waals surface area contributed by atoms with Gasteiger partial charge in [0.05, 0.1) is 5.56 Å². The van der Waals surface area contributed by atoms with Crippen LogP contribution in [0.5, 0.6) is 0 Å². The Bertz CT molecular complexity index is 344. The Morgan fingerprint density at radius 2 is 1.92 bits per heavy atom. The van der Waals surface area contributed by atoms with Crippen LogP contribution in [0.25, 0.3) is 0 Å². The zero-order valence-electron chi connectivity index (χ0n) is 7.78. The van der Waals surface area contributed by atoms with Crippen molar-refractivity contribution in [2.75, 3.05) is 0 Å². The van der Waals surface area contributed by atoms with Crippen molar-refractivity contribution >= 4 is 5.97 Å². The molecule has 2 unspecified atom stereocenters. The number of carbonyl (C=O) groups excluding carboxylic acids is 1. The molecule has 1 aromatic rings. The fourth-order valence-corrected chi connectivity index (χ4v) is 1.67. The van der Waals surface area contributed by atoms with Crippen molar-refractivity contribution < 1.29 is 9.53 Å². The van der Waals surface area contributed by atoms with E-state index in [0.717, 1.165) is 5.56 Å². The van der Waals surface area contributed by atoms with Crippen molar-refractivity contribution in [1.29, 1.82) is 0 Å². The molecule has 0 fully saturated rings. The van der Waals surface area contributed by atoms with Gasteiger partial charge in [0, 0.05) is 5.92 Å². The van der Waals surface area contributed by atoms with Gasteiger partial charge in [0.1, 0.15) is 6.10 Å². The molecule has 13 heavy (non-hydrogen) atoms. The number of cyclic esters (lactones) is 1. The fourth-order valence-electron chi connectivity index (χ4n) is 1.67. The molecule has 1 aromatic carbocycles. The topological polar surface area (TPSA) is 26.3 Å². The SMILES string of the molecule is CC1OC(=O)c2ccccc2C1C. The van der Waals surface area contributed by atoms with Crippen LogP contribution < -0.4 is 0 Å². The second-order valence-electron chi connectivity index (χ2n) is 3.49. The average molecular weight is 176 g/mol. The van der Waals surface area contributed by atoms with Crippen LogP contribution in [0.4, 0.5) is 0 Å². The van der Waals surface area contributed by atoms with Gasteiger partial charge in [0.15, 0.2) is 0 Å². The van der Waals surface area contributed by atoms with Crippen LogP contribution >= 0.6 is 0 Å². The van der Waals surface area contributed by atoms with E-state index in [1.807, 2.05) is 31.2 Å². The van der Waals surface area contributed by atoms with Crippen molar-refractivity contribution in [1.82, 2.24) is 0 Å². The van der Waals surface area contributed by atoms with Gasteiger partial charge >= 0.3 is 5.97 Å². The monoisotopic (exact) mass is 176 g/mol. The van der Waals surface area contributed by atoms with Gasteiger partial charge in [-0.25, -0.2) is 4.79 Å². The predicted octanol–water partition coefficient (Wildman–Crippen LogP) is 2.35. The number of carbonyl (C=O) groups is 1. The van der Waals surface area contributed by atoms with Gasteiger partial charge in [-0.2, -0.15) is 0 Å². The Labute approximate surface area is 77.5 Å². The van der Waals surface area contributed by atoms with Gasteiger partial charge in [0.25, 0.3) is 0 Å². The zero-order valence-corrected chi connectivity index (χ0v) is 7.78. The minimum atomic E-state index is -0.193. The molecule has 2 nitrogen and oxygen atoms in total. The van der Waals surface area contributed by atoms with Crippen LogP contribution in [0.1, 0.15) is 35.7 Å². The van der Waals surface area contributed by atoms with E-state index < -0.39 is 0 Å². The first-order valence-electron chi connectivity index (χ1n) is 4.50. The Kier molecular flexibility index (Phi) is 1.83. The van der Waals surface area contributed by atoms with Crippen LogP contribution in [-0.4, -0.2) is 12.1 Å². The summed E-state index contributed by atoms with van der Waals surface area (Å²) in [6.07, 6.45) is -0.0117. The molecule has 0 aliphatic carbocycles. The number of hydrogen-bond donors (Lipinski definition) is 0. The van der Waals surface area contributed by atoms with E-state index >= 15 is 0 Å². The first-order valence-corrected chi connectivity index (χ1v) is 4.50. The maximum Gasteiger partial charge on any atom is 0.338 e. The third kappa shape index (κ3) is 1.22. The Hall–Kier alpha value is -1.31. The molecule has 1 heterocycles. The van der Waals surface area contributed by atoms with Crippen molar-refractivity contribution in [2.24, 2.45) is 0 Å².